The topological polar surface area (TPSA) is 37.0 Å². The predicted molar refractivity (Wildman–Crippen MR) is 75.6 cm³/mol. The number of anilines is 1. The maximum Gasteiger partial charge on any atom is 0.172 e. The molecule has 0 aliphatic heterocycles. The van der Waals surface area contributed by atoms with E-state index in [2.05, 4.69) is 15.6 Å². The number of hydrogen-bond donors (Lipinski definition) is 2. The third kappa shape index (κ3) is 3.54. The summed E-state index contributed by atoms with van der Waals surface area (Å²) in [5.74, 6) is 0.738. The number of nitrogens with one attached hydrogen (secondary N) is 2. The van der Waals surface area contributed by atoms with Gasteiger partial charge in [-0.15, -0.1) is 0 Å². The van der Waals surface area contributed by atoms with Gasteiger partial charge in [0.2, 0.25) is 0 Å². The normalized spacial score (nSPS) is 15.9. The Morgan fingerprint density at radius 3 is 2.76 bits per heavy atom. The number of thiocarbonyl (C=S) groups is 1. The molecule has 3 nitrogen and oxygen atoms in total. The van der Waals surface area contributed by atoms with E-state index < -0.39 is 0 Å². The lowest BCUT2D eigenvalue weighted by Gasteiger charge is -2.15. The quantitative estimate of drug-likeness (QED) is 0.808. The summed E-state index contributed by atoms with van der Waals surface area (Å²) in [6.45, 7) is 1.88. The minimum Gasteiger partial charge on any atom is -0.360 e. The van der Waals surface area contributed by atoms with E-state index in [1.165, 1.54) is 25.7 Å². The number of halogens is 1. The Bertz CT molecular complexity index is 416. The van der Waals surface area contributed by atoms with Crippen LogP contribution < -0.4 is 10.6 Å². The fourth-order valence-electron chi connectivity index (χ4n) is 2.02. The van der Waals surface area contributed by atoms with E-state index >= 15 is 0 Å². The molecule has 0 spiro atoms. The summed E-state index contributed by atoms with van der Waals surface area (Å²) in [4.78, 5) is 4.32. The molecule has 0 saturated heterocycles. The number of aryl methyl sites for hydroxylation is 1. The molecule has 1 saturated carbocycles. The molecule has 5 heteroatoms. The van der Waals surface area contributed by atoms with E-state index in [0.717, 1.165) is 11.5 Å². The number of hydrogen-bond acceptors (Lipinski definition) is 2. The van der Waals surface area contributed by atoms with Gasteiger partial charge in [0.15, 0.2) is 5.11 Å². The maximum absolute atomic E-state index is 5.92. The van der Waals surface area contributed by atoms with Crippen molar-refractivity contribution < 1.29 is 0 Å². The highest BCUT2D eigenvalue weighted by atomic mass is 35.5. The Kier molecular flexibility index (Phi) is 4.18. The monoisotopic (exact) mass is 269 g/mol. The summed E-state index contributed by atoms with van der Waals surface area (Å²) in [5, 5.41) is 7.71. The first-order valence-electron chi connectivity index (χ1n) is 5.86. The summed E-state index contributed by atoms with van der Waals surface area (Å²) in [6, 6.07) is 4.17. The average molecular weight is 270 g/mol. The Morgan fingerprint density at radius 2 is 2.12 bits per heavy atom. The van der Waals surface area contributed by atoms with Crippen molar-refractivity contribution in [3.8, 4) is 0 Å². The van der Waals surface area contributed by atoms with E-state index in [-0.39, 0.29) is 0 Å². The minimum atomic E-state index is 0.517. The van der Waals surface area contributed by atoms with Gasteiger partial charge in [0.25, 0.3) is 0 Å². The molecule has 1 heterocycles. The molecule has 1 aliphatic carbocycles. The molecule has 1 aliphatic rings. The number of rotatable bonds is 2. The van der Waals surface area contributed by atoms with Crippen molar-refractivity contribution in [2.75, 3.05) is 5.32 Å². The highest BCUT2D eigenvalue weighted by Gasteiger charge is 2.15. The molecule has 0 aromatic carbocycles. The number of pyridine rings is 1. The van der Waals surface area contributed by atoms with Crippen molar-refractivity contribution in [2.24, 2.45) is 0 Å². The first-order valence-corrected chi connectivity index (χ1v) is 6.64. The van der Waals surface area contributed by atoms with Gasteiger partial charge < -0.3 is 10.6 Å². The summed E-state index contributed by atoms with van der Waals surface area (Å²) in [6.07, 6.45) is 4.99. The Balaban J connectivity index is 1.90. The molecule has 2 rings (SSSR count). The first-order chi connectivity index (χ1) is 8.15. The second-order valence-electron chi connectivity index (χ2n) is 4.34. The van der Waals surface area contributed by atoms with Gasteiger partial charge in [0.05, 0.1) is 10.7 Å². The van der Waals surface area contributed by atoms with Crippen LogP contribution in [-0.2, 0) is 0 Å². The maximum atomic E-state index is 5.92. The highest BCUT2D eigenvalue weighted by Crippen LogP contribution is 2.18. The minimum absolute atomic E-state index is 0.517. The Labute approximate surface area is 112 Å². The molecule has 17 heavy (non-hydrogen) atoms. The van der Waals surface area contributed by atoms with Crippen molar-refractivity contribution in [1.29, 1.82) is 0 Å². The van der Waals surface area contributed by atoms with Crippen LogP contribution in [0.5, 0.6) is 0 Å². The fourth-order valence-corrected chi connectivity index (χ4v) is 2.40. The van der Waals surface area contributed by atoms with Gasteiger partial charge in [-0.05, 0) is 44.1 Å². The largest absolute Gasteiger partial charge is 0.360 e. The van der Waals surface area contributed by atoms with Gasteiger partial charge in [-0.3, -0.25) is 0 Å². The van der Waals surface area contributed by atoms with Crippen LogP contribution in [0.1, 0.15) is 31.4 Å². The van der Waals surface area contributed by atoms with Crippen LogP contribution in [-0.4, -0.2) is 16.1 Å². The Hall–Kier alpha value is -0.870. The number of aromatic nitrogens is 1. The predicted octanol–water partition coefficient (Wildman–Crippen LogP) is 3.27. The summed E-state index contributed by atoms with van der Waals surface area (Å²) in [5.41, 5.74) is 0.806. The molecule has 0 amide bonds. The van der Waals surface area contributed by atoms with Gasteiger partial charge in [0.1, 0.15) is 5.82 Å². The first kappa shape index (κ1) is 12.6. The lowest BCUT2D eigenvalue weighted by Crippen LogP contribution is -2.36. The number of nitrogens with zero attached hydrogens (tertiary/aromatic N) is 1. The van der Waals surface area contributed by atoms with Gasteiger partial charge in [0, 0.05) is 6.04 Å². The van der Waals surface area contributed by atoms with Crippen molar-refractivity contribution in [1.82, 2.24) is 10.3 Å². The molecule has 1 aromatic rings. The smallest absolute Gasteiger partial charge is 0.172 e. The van der Waals surface area contributed by atoms with Gasteiger partial charge in [-0.25, -0.2) is 4.98 Å². The molecular weight excluding hydrogens is 254 g/mol. The third-order valence-corrected chi connectivity index (χ3v) is 3.57. The molecule has 0 bridgehead atoms. The second kappa shape index (κ2) is 5.65. The van der Waals surface area contributed by atoms with Crippen LogP contribution in [0, 0.1) is 6.92 Å². The van der Waals surface area contributed by atoms with Crippen LogP contribution in [0.25, 0.3) is 0 Å². The zero-order chi connectivity index (χ0) is 12.3. The summed E-state index contributed by atoms with van der Waals surface area (Å²) < 4.78 is 0. The highest BCUT2D eigenvalue weighted by molar-refractivity contribution is 7.80. The van der Waals surface area contributed by atoms with Gasteiger partial charge in [-0.2, -0.15) is 0 Å². The summed E-state index contributed by atoms with van der Waals surface area (Å²) in [7, 11) is 0. The zero-order valence-corrected chi connectivity index (χ0v) is 11.4. The zero-order valence-electron chi connectivity index (χ0n) is 9.79. The van der Waals surface area contributed by atoms with Crippen molar-refractivity contribution in [3.05, 3.63) is 22.8 Å². The molecule has 0 atom stereocenters. The van der Waals surface area contributed by atoms with E-state index in [1.54, 1.807) is 0 Å². The standard InChI is InChI=1S/C12H16ClN3S/c1-8-10(13)6-7-11(14-8)16-12(17)15-9-4-2-3-5-9/h6-7,9H,2-5H2,1H3,(H2,14,15,16,17). The second-order valence-corrected chi connectivity index (χ2v) is 5.16. The van der Waals surface area contributed by atoms with Crippen molar-refractivity contribution >= 4 is 34.7 Å². The van der Waals surface area contributed by atoms with E-state index in [4.69, 9.17) is 23.8 Å². The molecule has 0 radical (unpaired) electrons. The van der Waals surface area contributed by atoms with E-state index in [9.17, 15) is 0 Å². The molecule has 1 fully saturated rings. The molecule has 2 N–H and O–H groups in total. The third-order valence-electron chi connectivity index (χ3n) is 2.95. The molecule has 92 valence electrons. The lowest BCUT2D eigenvalue weighted by atomic mass is 10.3. The molecule has 0 unspecified atom stereocenters. The van der Waals surface area contributed by atoms with Crippen LogP contribution in [0.15, 0.2) is 12.1 Å². The van der Waals surface area contributed by atoms with Crippen LogP contribution in [0.4, 0.5) is 5.82 Å². The van der Waals surface area contributed by atoms with Crippen molar-refractivity contribution in [3.63, 3.8) is 0 Å². The van der Waals surface area contributed by atoms with Gasteiger partial charge >= 0.3 is 0 Å². The molecular formula is C12H16ClN3S. The van der Waals surface area contributed by atoms with E-state index in [0.29, 0.717) is 16.2 Å². The van der Waals surface area contributed by atoms with E-state index in [1.807, 2.05) is 19.1 Å². The van der Waals surface area contributed by atoms with Gasteiger partial charge in [-0.1, -0.05) is 24.4 Å². The SMILES string of the molecule is Cc1nc(NC(=S)NC2CCCC2)ccc1Cl. The average Bonchev–Trinajstić information content (AvgIpc) is 2.76. The Morgan fingerprint density at radius 1 is 1.41 bits per heavy atom. The van der Waals surface area contributed by atoms with Crippen molar-refractivity contribution in [2.45, 2.75) is 38.6 Å². The van der Waals surface area contributed by atoms with Crippen LogP contribution in [0.2, 0.25) is 5.02 Å². The summed E-state index contributed by atoms with van der Waals surface area (Å²) >= 11 is 11.2. The van der Waals surface area contributed by atoms with Crippen LogP contribution >= 0.6 is 23.8 Å². The lowest BCUT2D eigenvalue weighted by molar-refractivity contribution is 0.634. The van der Waals surface area contributed by atoms with Crippen LogP contribution in [0.3, 0.4) is 0 Å². The molecule has 1 aromatic heterocycles. The fraction of sp³-hybridized carbons (Fsp3) is 0.500.